The van der Waals surface area contributed by atoms with Crippen molar-refractivity contribution < 1.29 is 18.3 Å². The number of aliphatic hydroxyl groups is 1. The van der Waals surface area contributed by atoms with Gasteiger partial charge >= 0.3 is 6.18 Å². The molecule has 37 heavy (non-hydrogen) atoms. The lowest BCUT2D eigenvalue weighted by atomic mass is 9.93. The summed E-state index contributed by atoms with van der Waals surface area (Å²) in [4.78, 5) is 19.0. The third-order valence-corrected chi connectivity index (χ3v) is 7.72. The fraction of sp³-hybridized carbons (Fsp3) is 0.577. The van der Waals surface area contributed by atoms with Crippen molar-refractivity contribution in [3.05, 3.63) is 40.9 Å². The molecule has 5 rings (SSSR count). The molecule has 0 radical (unpaired) electrons. The Morgan fingerprint density at radius 2 is 1.78 bits per heavy atom. The van der Waals surface area contributed by atoms with E-state index < -0.39 is 11.7 Å². The van der Waals surface area contributed by atoms with Crippen LogP contribution in [0.4, 0.5) is 18.9 Å². The van der Waals surface area contributed by atoms with Crippen LogP contribution in [0.2, 0.25) is 0 Å². The predicted octanol–water partition coefficient (Wildman–Crippen LogP) is 4.60. The molecule has 4 aliphatic rings. The number of benzene rings is 1. The molecule has 0 aliphatic carbocycles. The van der Waals surface area contributed by atoms with Gasteiger partial charge in [-0.05, 0) is 49.9 Å². The van der Waals surface area contributed by atoms with Crippen LogP contribution in [0.1, 0.15) is 37.7 Å². The van der Waals surface area contributed by atoms with Gasteiger partial charge in [-0.2, -0.15) is 13.2 Å². The Morgan fingerprint density at radius 3 is 2.46 bits per heavy atom. The van der Waals surface area contributed by atoms with Gasteiger partial charge in [0.2, 0.25) is 5.96 Å². The van der Waals surface area contributed by atoms with Gasteiger partial charge in [0, 0.05) is 62.4 Å². The maximum absolute atomic E-state index is 13.1. The Kier molecular flexibility index (Phi) is 7.76. The van der Waals surface area contributed by atoms with Crippen LogP contribution in [0.3, 0.4) is 0 Å². The van der Waals surface area contributed by atoms with Crippen LogP contribution >= 0.6 is 11.6 Å². The molecular weight excluding hydrogens is 505 g/mol. The van der Waals surface area contributed by atoms with E-state index in [2.05, 4.69) is 20.1 Å². The number of rotatable bonds is 3. The summed E-state index contributed by atoms with van der Waals surface area (Å²) in [7, 11) is 0. The molecule has 11 heteroatoms. The van der Waals surface area contributed by atoms with Gasteiger partial charge in [0.05, 0.1) is 17.2 Å². The molecule has 2 N–H and O–H groups in total. The number of amidine groups is 1. The maximum Gasteiger partial charge on any atom is 0.416 e. The Labute approximate surface area is 219 Å². The standard InChI is InChI=1S/C26H32ClF3N6O/c27-21-14-17(16-37)15-31-24(21)35-12-8-20-22(9-13-35)33-25(36-10-2-1-3-11-36)34-23(20)32-19-6-4-18(5-7-19)26(28,29)30/h4-7,14,17,20,23,32,37H,1-3,8-13,15-16H2. The van der Waals surface area contributed by atoms with Crippen molar-refractivity contribution in [2.45, 2.75) is 44.4 Å². The second-order valence-electron chi connectivity index (χ2n) is 10.00. The van der Waals surface area contributed by atoms with E-state index in [9.17, 15) is 18.3 Å². The lowest BCUT2D eigenvalue weighted by Gasteiger charge is -2.35. The minimum absolute atomic E-state index is 0.00188. The van der Waals surface area contributed by atoms with Crippen LogP contribution < -0.4 is 5.32 Å². The first-order valence-corrected chi connectivity index (χ1v) is 13.3. The van der Waals surface area contributed by atoms with E-state index in [1.165, 1.54) is 18.6 Å². The number of aliphatic hydroxyl groups excluding tert-OH is 1. The Hall–Kier alpha value is -2.59. The van der Waals surface area contributed by atoms with Crippen LogP contribution in [0, 0.1) is 11.8 Å². The number of guanidine groups is 1. The van der Waals surface area contributed by atoms with Gasteiger partial charge in [-0.15, -0.1) is 0 Å². The van der Waals surface area contributed by atoms with Gasteiger partial charge in [0.25, 0.3) is 0 Å². The molecule has 2 fully saturated rings. The number of alkyl halides is 3. The fourth-order valence-electron chi connectivity index (χ4n) is 5.35. The van der Waals surface area contributed by atoms with Gasteiger partial charge in [-0.25, -0.2) is 9.98 Å². The summed E-state index contributed by atoms with van der Waals surface area (Å²) in [6.45, 7) is 3.74. The van der Waals surface area contributed by atoms with Crippen LogP contribution in [-0.4, -0.2) is 77.9 Å². The molecule has 0 saturated carbocycles. The van der Waals surface area contributed by atoms with Gasteiger partial charge in [-0.1, -0.05) is 17.7 Å². The van der Waals surface area contributed by atoms with Crippen molar-refractivity contribution in [1.82, 2.24) is 9.80 Å². The zero-order valence-corrected chi connectivity index (χ0v) is 21.3. The summed E-state index contributed by atoms with van der Waals surface area (Å²) >= 11 is 6.53. The van der Waals surface area contributed by atoms with Crippen molar-refractivity contribution in [2.75, 3.05) is 44.6 Å². The van der Waals surface area contributed by atoms with E-state index in [1.54, 1.807) is 0 Å². The van der Waals surface area contributed by atoms with Crippen molar-refractivity contribution >= 4 is 34.8 Å². The highest BCUT2D eigenvalue weighted by molar-refractivity contribution is 6.43. The first-order chi connectivity index (χ1) is 17.8. The number of nitrogens with zero attached hydrogens (tertiary/aromatic N) is 5. The van der Waals surface area contributed by atoms with Gasteiger partial charge < -0.3 is 20.2 Å². The van der Waals surface area contributed by atoms with Crippen molar-refractivity contribution in [3.8, 4) is 0 Å². The first-order valence-electron chi connectivity index (χ1n) is 12.9. The largest absolute Gasteiger partial charge is 0.416 e. The van der Waals surface area contributed by atoms with E-state index in [1.807, 2.05) is 6.08 Å². The summed E-state index contributed by atoms with van der Waals surface area (Å²) in [5.41, 5.74) is 0.972. The lowest BCUT2D eigenvalue weighted by molar-refractivity contribution is -0.137. The number of dihydropyridines is 1. The molecule has 0 amide bonds. The summed E-state index contributed by atoms with van der Waals surface area (Å²) in [5, 5.41) is 13.4. The van der Waals surface area contributed by atoms with E-state index in [4.69, 9.17) is 21.6 Å². The normalized spacial score (nSPS) is 26.9. The summed E-state index contributed by atoms with van der Waals surface area (Å²) < 4.78 is 39.2. The minimum Gasteiger partial charge on any atom is -0.396 e. The van der Waals surface area contributed by atoms with Crippen LogP contribution in [0.15, 0.2) is 50.4 Å². The molecule has 200 valence electrons. The number of piperidine rings is 1. The number of halogens is 4. The van der Waals surface area contributed by atoms with E-state index in [0.717, 1.165) is 62.5 Å². The number of likely N-dealkylation sites (tertiary alicyclic amines) is 2. The smallest absolute Gasteiger partial charge is 0.396 e. The molecular formula is C26H32ClF3N6O. The second kappa shape index (κ2) is 11.0. The first kappa shape index (κ1) is 26.0. The molecule has 0 bridgehead atoms. The highest BCUT2D eigenvalue weighted by atomic mass is 35.5. The molecule has 3 unspecified atom stereocenters. The maximum atomic E-state index is 13.1. The molecule has 0 aromatic heterocycles. The third kappa shape index (κ3) is 5.95. The zero-order chi connectivity index (χ0) is 26.0. The molecule has 4 aliphatic heterocycles. The van der Waals surface area contributed by atoms with Gasteiger partial charge in [0.15, 0.2) is 0 Å². The second-order valence-corrected chi connectivity index (χ2v) is 10.4. The number of nitrogens with one attached hydrogen (secondary N) is 1. The van der Waals surface area contributed by atoms with Gasteiger partial charge in [-0.3, -0.25) is 4.99 Å². The third-order valence-electron chi connectivity index (χ3n) is 7.43. The van der Waals surface area contributed by atoms with Crippen molar-refractivity contribution in [1.29, 1.82) is 0 Å². The topological polar surface area (TPSA) is 75.8 Å². The molecule has 3 atom stereocenters. The molecule has 0 spiro atoms. The van der Waals surface area contributed by atoms with Crippen LogP contribution in [0.25, 0.3) is 0 Å². The quantitative estimate of drug-likeness (QED) is 0.592. The van der Waals surface area contributed by atoms with Crippen molar-refractivity contribution in [3.63, 3.8) is 0 Å². The minimum atomic E-state index is -4.37. The van der Waals surface area contributed by atoms with E-state index in [0.29, 0.717) is 36.3 Å². The Bertz CT molecular complexity index is 1090. The number of aliphatic imine (C=N–C) groups is 3. The monoisotopic (exact) mass is 536 g/mol. The predicted molar refractivity (Wildman–Crippen MR) is 140 cm³/mol. The number of anilines is 1. The molecule has 7 nitrogen and oxygen atoms in total. The van der Waals surface area contributed by atoms with E-state index in [-0.39, 0.29) is 24.6 Å². The molecule has 4 heterocycles. The van der Waals surface area contributed by atoms with Crippen LogP contribution in [0.5, 0.6) is 0 Å². The number of fused-ring (bicyclic) bond motifs is 1. The SMILES string of the molecule is OCC1C=C(Cl)C(N2CCC3=NC(N4CCCCC4)=NC(Nc4ccc(C(F)(F)F)cc4)C3CC2)=NC1. The zero-order valence-electron chi connectivity index (χ0n) is 20.6. The highest BCUT2D eigenvalue weighted by Crippen LogP contribution is 2.32. The number of hydrogen-bond acceptors (Lipinski definition) is 7. The molecule has 2 saturated heterocycles. The lowest BCUT2D eigenvalue weighted by Crippen LogP contribution is -2.43. The van der Waals surface area contributed by atoms with Crippen molar-refractivity contribution in [2.24, 2.45) is 26.8 Å². The fourth-order valence-corrected chi connectivity index (χ4v) is 5.71. The highest BCUT2D eigenvalue weighted by Gasteiger charge is 2.36. The van der Waals surface area contributed by atoms with Crippen LogP contribution in [-0.2, 0) is 6.18 Å². The molecule has 1 aromatic carbocycles. The molecule has 1 aromatic rings. The number of hydrogen-bond donors (Lipinski definition) is 2. The average molecular weight is 537 g/mol. The van der Waals surface area contributed by atoms with Gasteiger partial charge in [0.1, 0.15) is 12.0 Å². The summed E-state index contributed by atoms with van der Waals surface area (Å²) in [6.07, 6.45) is 2.01. The Balaban J connectivity index is 1.37. The van der Waals surface area contributed by atoms with E-state index >= 15 is 0 Å². The summed E-state index contributed by atoms with van der Waals surface area (Å²) in [6, 6.07) is 5.12. The summed E-state index contributed by atoms with van der Waals surface area (Å²) in [5.74, 6) is 1.39. The average Bonchev–Trinajstić information content (AvgIpc) is 3.12. The Morgan fingerprint density at radius 1 is 1.03 bits per heavy atom.